The van der Waals surface area contributed by atoms with E-state index in [2.05, 4.69) is 41.0 Å². The summed E-state index contributed by atoms with van der Waals surface area (Å²) in [6.45, 7) is 9.07. The van der Waals surface area contributed by atoms with Gasteiger partial charge in [-0.05, 0) is 54.3 Å². The summed E-state index contributed by atoms with van der Waals surface area (Å²) in [6, 6.07) is 7.41. The van der Waals surface area contributed by atoms with Gasteiger partial charge in [0, 0.05) is 10.4 Å². The molecule has 2 aromatic heterocycles. The number of benzene rings is 1. The molecule has 0 saturated carbocycles. The molecule has 148 valence electrons. The number of thiophene rings is 1. The molecular weight excluding hydrogens is 387 g/mol. The predicted octanol–water partition coefficient (Wildman–Crippen LogP) is 5.13. The van der Waals surface area contributed by atoms with Gasteiger partial charge in [0.25, 0.3) is 0 Å². The second-order valence-electron chi connectivity index (χ2n) is 8.12. The van der Waals surface area contributed by atoms with E-state index in [1.165, 1.54) is 24.3 Å². The van der Waals surface area contributed by atoms with Gasteiger partial charge >= 0.3 is 0 Å². The molecule has 1 N–H and O–H groups in total. The molecule has 1 aromatic carbocycles. The van der Waals surface area contributed by atoms with E-state index in [0.717, 1.165) is 15.2 Å². The summed E-state index contributed by atoms with van der Waals surface area (Å²) in [6.07, 6.45) is 1.97. The van der Waals surface area contributed by atoms with Gasteiger partial charge in [0.15, 0.2) is 5.82 Å². The van der Waals surface area contributed by atoms with Crippen LogP contribution >= 0.6 is 11.3 Å². The van der Waals surface area contributed by atoms with Crippen molar-refractivity contribution in [3.05, 3.63) is 64.1 Å². The van der Waals surface area contributed by atoms with Crippen LogP contribution in [-0.4, -0.2) is 28.1 Å². The Labute approximate surface area is 172 Å². The van der Waals surface area contributed by atoms with Gasteiger partial charge < -0.3 is 5.32 Å². The summed E-state index contributed by atoms with van der Waals surface area (Å²) in [5.41, 5.74) is 2.16. The van der Waals surface area contributed by atoms with Crippen molar-refractivity contribution < 1.29 is 9.18 Å². The van der Waals surface area contributed by atoms with Crippen LogP contribution in [0.5, 0.6) is 0 Å². The van der Waals surface area contributed by atoms with Gasteiger partial charge in [-0.15, -0.1) is 11.3 Å². The zero-order chi connectivity index (χ0) is 20.8. The number of amidine groups is 1. The number of ketones is 1. The van der Waals surface area contributed by atoms with Gasteiger partial charge in [-0.1, -0.05) is 20.8 Å². The maximum Gasteiger partial charge on any atom is 0.230 e. The number of aliphatic imine (C=N–C) groups is 1. The second kappa shape index (κ2) is 7.15. The van der Waals surface area contributed by atoms with E-state index < -0.39 is 5.82 Å². The van der Waals surface area contributed by atoms with Crippen LogP contribution in [0.25, 0.3) is 10.2 Å². The number of fused-ring (bicyclic) bond motifs is 1. The molecule has 0 fully saturated rings. The maximum atomic E-state index is 13.2. The third-order valence-corrected chi connectivity index (χ3v) is 6.11. The monoisotopic (exact) mass is 408 g/mol. The minimum atomic E-state index is -0.394. The van der Waals surface area contributed by atoms with Gasteiger partial charge in [0.1, 0.15) is 11.7 Å². The lowest BCUT2D eigenvalue weighted by atomic mass is 9.95. The number of hydrogen-bond acceptors (Lipinski definition) is 6. The van der Waals surface area contributed by atoms with Crippen molar-refractivity contribution in [2.45, 2.75) is 33.1 Å². The molecule has 0 aliphatic carbocycles. The SMILES string of the molecule is CC1=CC(Nc2nc(C(=O)c3ccc(F)cc3)nc3cc(C(C)(C)C)sc23)=NC1. The van der Waals surface area contributed by atoms with E-state index >= 15 is 0 Å². The second-order valence-corrected chi connectivity index (χ2v) is 9.18. The third-order valence-electron chi connectivity index (χ3n) is 4.55. The lowest BCUT2D eigenvalue weighted by molar-refractivity contribution is 0.103. The van der Waals surface area contributed by atoms with Crippen molar-refractivity contribution in [3.8, 4) is 0 Å². The highest BCUT2D eigenvalue weighted by molar-refractivity contribution is 7.19. The minimum absolute atomic E-state index is 0.0505. The predicted molar refractivity (Wildman–Crippen MR) is 116 cm³/mol. The van der Waals surface area contributed by atoms with Crippen LogP contribution in [0.2, 0.25) is 0 Å². The standard InChI is InChI=1S/C22H21FN4OS/c1-12-9-17(24-11-12)26-21-19-15(10-16(29-19)22(2,3)4)25-20(27-21)18(28)13-5-7-14(23)8-6-13/h5-10H,11H2,1-4H3,(H,24,25,26,27). The van der Waals surface area contributed by atoms with E-state index in [1.807, 2.05) is 19.1 Å². The number of aromatic nitrogens is 2. The summed E-state index contributed by atoms with van der Waals surface area (Å²) in [7, 11) is 0. The molecule has 1 aliphatic heterocycles. The normalized spacial score (nSPS) is 14.1. The molecule has 0 spiro atoms. The average molecular weight is 409 g/mol. The molecule has 0 amide bonds. The first-order chi connectivity index (χ1) is 13.7. The van der Waals surface area contributed by atoms with Crippen LogP contribution in [0, 0.1) is 5.82 Å². The molecule has 0 bridgehead atoms. The number of rotatable bonds is 3. The number of halogens is 1. The number of hydrogen-bond donors (Lipinski definition) is 1. The van der Waals surface area contributed by atoms with Crippen molar-refractivity contribution in [2.75, 3.05) is 11.9 Å². The Morgan fingerprint density at radius 1 is 1.17 bits per heavy atom. The lowest BCUT2D eigenvalue weighted by Crippen LogP contribution is -2.13. The fourth-order valence-electron chi connectivity index (χ4n) is 2.95. The highest BCUT2D eigenvalue weighted by Gasteiger charge is 2.23. The van der Waals surface area contributed by atoms with Gasteiger partial charge in [0.2, 0.25) is 11.6 Å². The van der Waals surface area contributed by atoms with Crippen molar-refractivity contribution >= 4 is 39.0 Å². The Morgan fingerprint density at radius 2 is 1.90 bits per heavy atom. The molecule has 0 unspecified atom stereocenters. The molecule has 0 radical (unpaired) electrons. The first-order valence-electron chi connectivity index (χ1n) is 9.32. The first kappa shape index (κ1) is 19.4. The van der Waals surface area contributed by atoms with Crippen LogP contribution < -0.4 is 5.32 Å². The molecule has 3 aromatic rings. The van der Waals surface area contributed by atoms with Gasteiger partial charge in [0.05, 0.1) is 16.8 Å². The van der Waals surface area contributed by atoms with Crippen molar-refractivity contribution in [3.63, 3.8) is 0 Å². The molecule has 5 nitrogen and oxygen atoms in total. The Morgan fingerprint density at radius 3 is 2.52 bits per heavy atom. The van der Waals surface area contributed by atoms with Crippen molar-refractivity contribution in [1.82, 2.24) is 9.97 Å². The number of carbonyl (C=O) groups is 1. The fourth-order valence-corrected chi connectivity index (χ4v) is 4.05. The van der Waals surface area contributed by atoms with E-state index in [-0.39, 0.29) is 17.0 Å². The fraction of sp³-hybridized carbons (Fsp3) is 0.273. The Hall–Kier alpha value is -2.93. The number of anilines is 1. The van der Waals surface area contributed by atoms with Crippen molar-refractivity contribution in [1.29, 1.82) is 0 Å². The van der Waals surface area contributed by atoms with Crippen LogP contribution in [0.3, 0.4) is 0 Å². The molecule has 1 aliphatic rings. The molecule has 4 rings (SSSR count). The van der Waals surface area contributed by atoms with Crippen LogP contribution in [0.1, 0.15) is 48.8 Å². The zero-order valence-electron chi connectivity index (χ0n) is 16.7. The number of nitrogens with one attached hydrogen (secondary N) is 1. The molecule has 7 heteroatoms. The molecule has 0 saturated heterocycles. The minimum Gasteiger partial charge on any atom is -0.324 e. The zero-order valence-corrected chi connectivity index (χ0v) is 17.5. The number of nitrogens with zero attached hydrogens (tertiary/aromatic N) is 3. The molecule has 3 heterocycles. The Kier molecular flexibility index (Phi) is 4.78. The van der Waals surface area contributed by atoms with E-state index in [4.69, 9.17) is 0 Å². The van der Waals surface area contributed by atoms with Gasteiger partial charge in [-0.2, -0.15) is 0 Å². The highest BCUT2D eigenvalue weighted by Crippen LogP contribution is 2.36. The van der Waals surface area contributed by atoms with Crippen LogP contribution in [0.15, 0.2) is 47.0 Å². The lowest BCUT2D eigenvalue weighted by Gasteiger charge is -2.14. The third kappa shape index (κ3) is 3.96. The maximum absolute atomic E-state index is 13.2. The average Bonchev–Trinajstić information content (AvgIpc) is 3.27. The van der Waals surface area contributed by atoms with E-state index in [1.54, 1.807) is 11.3 Å². The summed E-state index contributed by atoms with van der Waals surface area (Å²) >= 11 is 1.61. The highest BCUT2D eigenvalue weighted by atomic mass is 32.1. The number of carbonyl (C=O) groups excluding carboxylic acids is 1. The van der Waals surface area contributed by atoms with E-state index in [0.29, 0.717) is 29.3 Å². The molecular formula is C22H21FN4OS. The summed E-state index contributed by atoms with van der Waals surface area (Å²) in [5.74, 6) is 0.607. The summed E-state index contributed by atoms with van der Waals surface area (Å²) in [4.78, 5) is 27.6. The Bertz CT molecular complexity index is 1170. The van der Waals surface area contributed by atoms with Gasteiger partial charge in [-0.3, -0.25) is 9.79 Å². The van der Waals surface area contributed by atoms with Crippen molar-refractivity contribution in [2.24, 2.45) is 4.99 Å². The van der Waals surface area contributed by atoms with Crippen LogP contribution in [0.4, 0.5) is 10.2 Å². The van der Waals surface area contributed by atoms with Gasteiger partial charge in [-0.25, -0.2) is 14.4 Å². The summed E-state index contributed by atoms with van der Waals surface area (Å²) < 4.78 is 14.1. The largest absolute Gasteiger partial charge is 0.324 e. The quantitative estimate of drug-likeness (QED) is 0.610. The summed E-state index contributed by atoms with van der Waals surface area (Å²) in [5, 5.41) is 3.26. The van der Waals surface area contributed by atoms with Crippen LogP contribution in [-0.2, 0) is 5.41 Å². The topological polar surface area (TPSA) is 67.2 Å². The van der Waals surface area contributed by atoms with E-state index in [9.17, 15) is 9.18 Å². The molecule has 29 heavy (non-hydrogen) atoms. The molecule has 0 atom stereocenters. The Balaban J connectivity index is 1.82. The smallest absolute Gasteiger partial charge is 0.230 e. The first-order valence-corrected chi connectivity index (χ1v) is 10.1.